The van der Waals surface area contributed by atoms with Gasteiger partial charge in [-0.3, -0.25) is 0 Å². The van der Waals surface area contributed by atoms with Gasteiger partial charge in [0.1, 0.15) is 11.6 Å². The molecule has 102 valence electrons. The second-order valence-corrected chi connectivity index (χ2v) is 4.76. The van der Waals surface area contributed by atoms with Crippen molar-refractivity contribution in [3.8, 4) is 0 Å². The summed E-state index contributed by atoms with van der Waals surface area (Å²) in [6.07, 6.45) is -2.88. The fourth-order valence-electron chi connectivity index (χ4n) is 1.69. The second kappa shape index (κ2) is 4.99. The van der Waals surface area contributed by atoms with Gasteiger partial charge in [-0.2, -0.15) is 13.2 Å². The van der Waals surface area contributed by atoms with Crippen molar-refractivity contribution in [1.82, 2.24) is 9.97 Å². The van der Waals surface area contributed by atoms with E-state index in [-0.39, 0.29) is 17.2 Å². The lowest BCUT2D eigenvalue weighted by atomic mass is 9.99. The van der Waals surface area contributed by atoms with Crippen molar-refractivity contribution in [2.75, 3.05) is 11.1 Å². The number of nitrogens with two attached hydrogens (primary N) is 1. The number of aromatic nitrogens is 2. The molecule has 0 bridgehead atoms. The van der Waals surface area contributed by atoms with Gasteiger partial charge in [-0.15, -0.1) is 0 Å². The van der Waals surface area contributed by atoms with Crippen molar-refractivity contribution in [3.63, 3.8) is 0 Å². The molecule has 0 aliphatic rings. The van der Waals surface area contributed by atoms with Crippen LogP contribution in [0.15, 0.2) is 6.07 Å². The summed E-state index contributed by atoms with van der Waals surface area (Å²) < 4.78 is 37.6. The Hall–Kier alpha value is -1.53. The van der Waals surface area contributed by atoms with Crippen LogP contribution in [0.1, 0.15) is 39.4 Å². The Balaban J connectivity index is 3.00. The monoisotopic (exact) mass is 262 g/mol. The van der Waals surface area contributed by atoms with E-state index in [0.29, 0.717) is 0 Å². The topological polar surface area (TPSA) is 63.8 Å². The van der Waals surface area contributed by atoms with Crippen LogP contribution < -0.4 is 11.1 Å². The summed E-state index contributed by atoms with van der Waals surface area (Å²) in [6, 6.07) is 1.30. The first-order valence-corrected chi connectivity index (χ1v) is 5.64. The fraction of sp³-hybridized carbons (Fsp3) is 0.636. The molecule has 0 saturated carbocycles. The molecule has 0 fully saturated rings. The van der Waals surface area contributed by atoms with Crippen LogP contribution in [0.3, 0.4) is 0 Å². The van der Waals surface area contributed by atoms with Crippen LogP contribution in [-0.2, 0) is 6.18 Å². The van der Waals surface area contributed by atoms with E-state index in [2.05, 4.69) is 15.3 Å². The number of nitrogens with one attached hydrogen (secondary N) is 1. The van der Waals surface area contributed by atoms with E-state index in [1.807, 2.05) is 20.8 Å². The molecule has 0 saturated heterocycles. The maximum atomic E-state index is 12.5. The summed E-state index contributed by atoms with van der Waals surface area (Å²) in [4.78, 5) is 6.63. The third kappa shape index (κ3) is 4.05. The van der Waals surface area contributed by atoms with Crippen LogP contribution in [0, 0.1) is 0 Å². The highest BCUT2D eigenvalue weighted by molar-refractivity contribution is 5.46. The average Bonchev–Trinajstić information content (AvgIpc) is 2.13. The molecule has 0 aliphatic carbocycles. The molecule has 0 atom stereocenters. The molecular weight excluding hydrogens is 245 g/mol. The predicted molar refractivity (Wildman–Crippen MR) is 64.1 cm³/mol. The number of nitrogen functional groups attached to an aromatic ring is 1. The number of rotatable bonds is 4. The highest BCUT2D eigenvalue weighted by Crippen LogP contribution is 2.28. The molecule has 1 aromatic heterocycles. The Bertz CT molecular complexity index is 415. The molecule has 1 rings (SSSR count). The normalized spacial score (nSPS) is 12.6. The first kappa shape index (κ1) is 14.5. The van der Waals surface area contributed by atoms with Crippen LogP contribution >= 0.6 is 0 Å². The smallest absolute Gasteiger partial charge is 0.384 e. The molecule has 0 aliphatic heterocycles. The third-order valence-corrected chi connectivity index (χ3v) is 2.34. The van der Waals surface area contributed by atoms with Crippen LogP contribution in [0.5, 0.6) is 0 Å². The summed E-state index contributed by atoms with van der Waals surface area (Å²) in [5.74, 6) is -1.34. The Morgan fingerprint density at radius 3 is 2.39 bits per heavy atom. The molecular formula is C11H17F3N4. The molecule has 1 heterocycles. The largest absolute Gasteiger partial charge is 0.451 e. The summed E-state index contributed by atoms with van der Waals surface area (Å²) >= 11 is 0. The van der Waals surface area contributed by atoms with Crippen molar-refractivity contribution in [1.29, 1.82) is 0 Å². The van der Waals surface area contributed by atoms with Crippen LogP contribution in [0.25, 0.3) is 0 Å². The van der Waals surface area contributed by atoms with Crippen LogP contribution in [-0.4, -0.2) is 15.5 Å². The molecule has 4 nitrogen and oxygen atoms in total. The van der Waals surface area contributed by atoms with E-state index in [0.717, 1.165) is 12.8 Å². The zero-order valence-corrected chi connectivity index (χ0v) is 10.6. The number of halogens is 3. The zero-order valence-electron chi connectivity index (χ0n) is 10.6. The van der Waals surface area contributed by atoms with Gasteiger partial charge in [-0.05, 0) is 20.3 Å². The third-order valence-electron chi connectivity index (χ3n) is 2.34. The van der Waals surface area contributed by atoms with Gasteiger partial charge in [0.25, 0.3) is 0 Å². The Kier molecular flexibility index (Phi) is 4.03. The average molecular weight is 262 g/mol. The van der Waals surface area contributed by atoms with E-state index in [1.54, 1.807) is 0 Å². The van der Waals surface area contributed by atoms with Crippen LogP contribution in [0.2, 0.25) is 0 Å². The van der Waals surface area contributed by atoms with E-state index >= 15 is 0 Å². The van der Waals surface area contributed by atoms with E-state index in [1.165, 1.54) is 6.07 Å². The minimum atomic E-state index is -4.60. The minimum absolute atomic E-state index is 0.0910. The molecule has 0 unspecified atom stereocenters. The molecule has 18 heavy (non-hydrogen) atoms. The summed E-state index contributed by atoms with van der Waals surface area (Å²) in [7, 11) is 0. The first-order valence-electron chi connectivity index (χ1n) is 5.64. The minimum Gasteiger partial charge on any atom is -0.384 e. The second-order valence-electron chi connectivity index (χ2n) is 4.76. The zero-order chi connectivity index (χ0) is 14.0. The lowest BCUT2D eigenvalue weighted by Gasteiger charge is -2.26. The highest BCUT2D eigenvalue weighted by Gasteiger charge is 2.35. The quantitative estimate of drug-likeness (QED) is 0.875. The lowest BCUT2D eigenvalue weighted by molar-refractivity contribution is -0.144. The van der Waals surface area contributed by atoms with Gasteiger partial charge < -0.3 is 11.1 Å². The highest BCUT2D eigenvalue weighted by atomic mass is 19.4. The number of hydrogen-bond acceptors (Lipinski definition) is 4. The van der Waals surface area contributed by atoms with E-state index < -0.39 is 12.0 Å². The Morgan fingerprint density at radius 2 is 1.89 bits per heavy atom. The number of anilines is 2. The number of nitrogens with zero attached hydrogens (tertiary/aromatic N) is 2. The molecule has 7 heteroatoms. The maximum absolute atomic E-state index is 12.5. The van der Waals surface area contributed by atoms with Gasteiger partial charge in [-0.1, -0.05) is 13.3 Å². The van der Waals surface area contributed by atoms with E-state index in [4.69, 9.17) is 5.73 Å². The molecule has 0 spiro atoms. The van der Waals surface area contributed by atoms with Gasteiger partial charge >= 0.3 is 6.18 Å². The van der Waals surface area contributed by atoms with Crippen molar-refractivity contribution >= 4 is 11.6 Å². The predicted octanol–water partition coefficient (Wildman–Crippen LogP) is 3.07. The summed E-state index contributed by atoms with van der Waals surface area (Å²) in [6.45, 7) is 5.78. The van der Waals surface area contributed by atoms with Crippen molar-refractivity contribution in [3.05, 3.63) is 11.9 Å². The Labute approximate surface area is 104 Å². The van der Waals surface area contributed by atoms with Crippen molar-refractivity contribution in [2.24, 2.45) is 0 Å². The van der Waals surface area contributed by atoms with Gasteiger partial charge in [-0.25, -0.2) is 9.97 Å². The molecule has 0 radical (unpaired) electrons. The summed E-state index contributed by atoms with van der Waals surface area (Å²) in [5.41, 5.74) is 5.01. The van der Waals surface area contributed by atoms with Crippen molar-refractivity contribution < 1.29 is 13.2 Å². The van der Waals surface area contributed by atoms with Gasteiger partial charge in [0, 0.05) is 11.6 Å². The molecule has 3 N–H and O–H groups in total. The SMILES string of the molecule is CCCC(C)(C)Nc1cc(N)nc(C(F)(F)F)n1. The standard InChI is InChI=1S/C11H17F3N4/c1-4-5-10(2,3)18-8-6-7(15)16-9(17-8)11(12,13)14/h6H,4-5H2,1-3H3,(H3,15,16,17,18). The summed E-state index contributed by atoms with van der Waals surface area (Å²) in [5, 5.41) is 2.94. The first-order chi connectivity index (χ1) is 8.14. The number of alkyl halides is 3. The van der Waals surface area contributed by atoms with Gasteiger partial charge in [0.15, 0.2) is 0 Å². The fourth-order valence-corrected chi connectivity index (χ4v) is 1.69. The van der Waals surface area contributed by atoms with Crippen LogP contribution in [0.4, 0.5) is 24.8 Å². The lowest BCUT2D eigenvalue weighted by Crippen LogP contribution is -2.31. The van der Waals surface area contributed by atoms with Crippen molar-refractivity contribution in [2.45, 2.75) is 45.3 Å². The van der Waals surface area contributed by atoms with Gasteiger partial charge in [0.05, 0.1) is 0 Å². The Morgan fingerprint density at radius 1 is 1.28 bits per heavy atom. The van der Waals surface area contributed by atoms with Gasteiger partial charge in [0.2, 0.25) is 5.82 Å². The molecule has 1 aromatic rings. The molecule has 0 amide bonds. The molecule has 0 aromatic carbocycles. The van der Waals surface area contributed by atoms with E-state index in [9.17, 15) is 13.2 Å². The maximum Gasteiger partial charge on any atom is 0.451 e. The number of hydrogen-bond donors (Lipinski definition) is 2.